The van der Waals surface area contributed by atoms with Crippen molar-refractivity contribution < 1.29 is 13.2 Å². The Balaban J connectivity index is 2.56. The van der Waals surface area contributed by atoms with Crippen LogP contribution in [0.15, 0.2) is 29.0 Å². The molecule has 15 heavy (non-hydrogen) atoms. The summed E-state index contributed by atoms with van der Waals surface area (Å²) in [6.45, 7) is 0. The molecule has 2 aromatic heterocycles. The number of pyridine rings is 1. The molecule has 0 bridgehead atoms. The lowest BCUT2D eigenvalue weighted by Gasteiger charge is -2.09. The van der Waals surface area contributed by atoms with Crippen molar-refractivity contribution in [3.63, 3.8) is 0 Å². The minimum absolute atomic E-state index is 0.206. The number of aromatic nitrogens is 2. The SMILES string of the molecule is FC(F)C(F)n1ccc2ccc(Br)nc21. The average molecular weight is 279 g/mol. The summed E-state index contributed by atoms with van der Waals surface area (Å²) in [7, 11) is 0. The zero-order chi connectivity index (χ0) is 11.0. The van der Waals surface area contributed by atoms with Crippen molar-refractivity contribution in [3.05, 3.63) is 29.0 Å². The molecule has 0 saturated carbocycles. The normalized spacial score (nSPS) is 13.7. The molecule has 2 aromatic rings. The van der Waals surface area contributed by atoms with Gasteiger partial charge in [0, 0.05) is 11.6 Å². The second-order valence-corrected chi connectivity index (χ2v) is 3.79. The third kappa shape index (κ3) is 1.86. The van der Waals surface area contributed by atoms with Crippen LogP contribution in [0.5, 0.6) is 0 Å². The lowest BCUT2D eigenvalue weighted by atomic mass is 10.3. The Bertz CT molecular complexity index is 483. The zero-order valence-corrected chi connectivity index (χ0v) is 8.96. The number of hydrogen-bond donors (Lipinski definition) is 0. The van der Waals surface area contributed by atoms with Gasteiger partial charge in [0.15, 0.2) is 0 Å². The molecule has 0 amide bonds. The summed E-state index contributed by atoms with van der Waals surface area (Å²) < 4.78 is 38.8. The number of halogens is 4. The van der Waals surface area contributed by atoms with Gasteiger partial charge in [0.2, 0.25) is 6.30 Å². The van der Waals surface area contributed by atoms with Crippen LogP contribution >= 0.6 is 15.9 Å². The summed E-state index contributed by atoms with van der Waals surface area (Å²) >= 11 is 3.10. The van der Waals surface area contributed by atoms with Gasteiger partial charge in [0.05, 0.1) is 0 Å². The van der Waals surface area contributed by atoms with Crippen LogP contribution in [0.4, 0.5) is 13.2 Å². The molecule has 0 aliphatic rings. The highest BCUT2D eigenvalue weighted by Gasteiger charge is 2.22. The molecule has 0 aromatic carbocycles. The number of rotatable bonds is 2. The maximum Gasteiger partial charge on any atom is 0.288 e. The predicted molar refractivity (Wildman–Crippen MR) is 53.6 cm³/mol. The molecule has 0 saturated heterocycles. The largest absolute Gasteiger partial charge is 0.297 e. The molecule has 80 valence electrons. The van der Waals surface area contributed by atoms with E-state index in [1.807, 2.05) is 0 Å². The molecule has 6 heteroatoms. The second kappa shape index (κ2) is 3.84. The Hall–Kier alpha value is -1.04. The Morgan fingerprint density at radius 3 is 2.60 bits per heavy atom. The van der Waals surface area contributed by atoms with E-state index in [0.717, 1.165) is 4.57 Å². The fraction of sp³-hybridized carbons (Fsp3) is 0.222. The fourth-order valence-electron chi connectivity index (χ4n) is 1.32. The maximum absolute atomic E-state index is 13.1. The highest BCUT2D eigenvalue weighted by molar-refractivity contribution is 9.10. The summed E-state index contributed by atoms with van der Waals surface area (Å²) in [5.41, 5.74) is 0.206. The second-order valence-electron chi connectivity index (χ2n) is 2.98. The number of alkyl halides is 3. The van der Waals surface area contributed by atoms with Crippen molar-refractivity contribution in [1.29, 1.82) is 0 Å². The Kier molecular flexibility index (Phi) is 2.68. The number of hydrogen-bond acceptors (Lipinski definition) is 1. The van der Waals surface area contributed by atoms with Crippen molar-refractivity contribution in [2.45, 2.75) is 12.7 Å². The molecule has 2 rings (SSSR count). The van der Waals surface area contributed by atoms with Gasteiger partial charge in [-0.15, -0.1) is 0 Å². The minimum atomic E-state index is -3.05. The van der Waals surface area contributed by atoms with Crippen LogP contribution in [0.1, 0.15) is 6.30 Å². The monoisotopic (exact) mass is 278 g/mol. The molecule has 0 spiro atoms. The maximum atomic E-state index is 13.1. The molecule has 2 heterocycles. The first-order valence-corrected chi connectivity index (χ1v) is 4.94. The molecule has 1 unspecified atom stereocenters. The topological polar surface area (TPSA) is 17.8 Å². The van der Waals surface area contributed by atoms with E-state index in [1.165, 1.54) is 6.20 Å². The highest BCUT2D eigenvalue weighted by Crippen LogP contribution is 2.25. The van der Waals surface area contributed by atoms with Gasteiger partial charge < -0.3 is 0 Å². The van der Waals surface area contributed by atoms with Crippen molar-refractivity contribution in [2.24, 2.45) is 0 Å². The van der Waals surface area contributed by atoms with Crippen LogP contribution in [-0.4, -0.2) is 16.0 Å². The van der Waals surface area contributed by atoms with Gasteiger partial charge in [0.25, 0.3) is 6.43 Å². The van der Waals surface area contributed by atoms with E-state index in [-0.39, 0.29) is 5.65 Å². The van der Waals surface area contributed by atoms with Gasteiger partial charge >= 0.3 is 0 Å². The van der Waals surface area contributed by atoms with Crippen LogP contribution in [0, 0.1) is 0 Å². The van der Waals surface area contributed by atoms with Gasteiger partial charge in [-0.05, 0) is 34.1 Å². The Labute approximate surface area is 91.8 Å². The summed E-state index contributed by atoms with van der Waals surface area (Å²) in [4.78, 5) is 3.95. The average Bonchev–Trinajstić information content (AvgIpc) is 2.59. The molecule has 0 aliphatic heterocycles. The van der Waals surface area contributed by atoms with Crippen LogP contribution in [0.25, 0.3) is 11.0 Å². The van der Waals surface area contributed by atoms with Gasteiger partial charge in [0.1, 0.15) is 10.3 Å². The van der Waals surface area contributed by atoms with Crippen LogP contribution in [0.3, 0.4) is 0 Å². The van der Waals surface area contributed by atoms with E-state index in [4.69, 9.17) is 0 Å². The first-order valence-electron chi connectivity index (χ1n) is 4.15. The molecule has 0 radical (unpaired) electrons. The number of fused-ring (bicyclic) bond motifs is 1. The summed E-state index contributed by atoms with van der Waals surface area (Å²) in [5, 5.41) is 0.626. The van der Waals surface area contributed by atoms with Crippen molar-refractivity contribution in [2.75, 3.05) is 0 Å². The van der Waals surface area contributed by atoms with Crippen LogP contribution in [-0.2, 0) is 0 Å². The van der Waals surface area contributed by atoms with Gasteiger partial charge in [-0.3, -0.25) is 4.57 Å². The minimum Gasteiger partial charge on any atom is -0.297 e. The van der Waals surface area contributed by atoms with Crippen molar-refractivity contribution in [1.82, 2.24) is 9.55 Å². The predicted octanol–water partition coefficient (Wildman–Crippen LogP) is 3.53. The lowest BCUT2D eigenvalue weighted by Crippen LogP contribution is -2.11. The first-order chi connectivity index (χ1) is 7.09. The number of nitrogens with zero attached hydrogens (tertiary/aromatic N) is 2. The van der Waals surface area contributed by atoms with Gasteiger partial charge in [-0.1, -0.05) is 0 Å². The molecule has 0 fully saturated rings. The van der Waals surface area contributed by atoms with E-state index in [0.29, 0.717) is 9.99 Å². The Morgan fingerprint density at radius 2 is 1.93 bits per heavy atom. The first kappa shape index (κ1) is 10.5. The van der Waals surface area contributed by atoms with Crippen molar-refractivity contribution >= 4 is 27.0 Å². The van der Waals surface area contributed by atoms with Crippen LogP contribution in [0.2, 0.25) is 0 Å². The fourth-order valence-corrected chi connectivity index (χ4v) is 1.62. The van der Waals surface area contributed by atoms with Crippen molar-refractivity contribution in [3.8, 4) is 0 Å². The summed E-state index contributed by atoms with van der Waals surface area (Å²) in [6.07, 6.45) is -4.15. The highest BCUT2D eigenvalue weighted by atomic mass is 79.9. The third-order valence-corrected chi connectivity index (χ3v) is 2.45. The lowest BCUT2D eigenvalue weighted by molar-refractivity contribution is 0.0103. The zero-order valence-electron chi connectivity index (χ0n) is 7.37. The molecular formula is C9H6BrF3N2. The summed E-state index contributed by atoms with van der Waals surface area (Å²) in [5.74, 6) is 0. The Morgan fingerprint density at radius 1 is 1.20 bits per heavy atom. The summed E-state index contributed by atoms with van der Waals surface area (Å²) in [6, 6.07) is 4.90. The smallest absolute Gasteiger partial charge is 0.288 e. The van der Waals surface area contributed by atoms with E-state index in [9.17, 15) is 13.2 Å². The van der Waals surface area contributed by atoms with E-state index < -0.39 is 12.7 Å². The molecular weight excluding hydrogens is 273 g/mol. The molecule has 1 atom stereocenters. The van der Waals surface area contributed by atoms with E-state index in [1.54, 1.807) is 18.2 Å². The van der Waals surface area contributed by atoms with E-state index >= 15 is 0 Å². The van der Waals surface area contributed by atoms with Gasteiger partial charge in [-0.2, -0.15) is 0 Å². The van der Waals surface area contributed by atoms with Crippen LogP contribution < -0.4 is 0 Å². The molecule has 0 N–H and O–H groups in total. The molecule has 2 nitrogen and oxygen atoms in total. The standard InChI is InChI=1S/C9H6BrF3N2/c10-6-2-1-5-3-4-15(9(5)14-6)8(13)7(11)12/h1-4,7-8H. The van der Waals surface area contributed by atoms with E-state index in [2.05, 4.69) is 20.9 Å². The third-order valence-electron chi connectivity index (χ3n) is 2.00. The van der Waals surface area contributed by atoms with Gasteiger partial charge in [-0.25, -0.2) is 18.2 Å². The quantitative estimate of drug-likeness (QED) is 0.769. The molecule has 0 aliphatic carbocycles.